The highest BCUT2D eigenvalue weighted by Gasteiger charge is 2.13. The summed E-state index contributed by atoms with van der Waals surface area (Å²) in [5.41, 5.74) is 6.74. The monoisotopic (exact) mass is 205 g/mol. The van der Waals surface area contributed by atoms with Crippen molar-refractivity contribution < 1.29 is 9.53 Å². The van der Waals surface area contributed by atoms with E-state index in [2.05, 4.69) is 9.97 Å². The van der Waals surface area contributed by atoms with E-state index in [0.29, 0.717) is 23.5 Å². The van der Waals surface area contributed by atoms with E-state index >= 15 is 0 Å². The molecule has 0 atom stereocenters. The number of nitrogens with zero attached hydrogens (tertiary/aromatic N) is 1. The second kappa shape index (κ2) is 3.61. The number of esters is 1. The lowest BCUT2D eigenvalue weighted by molar-refractivity contribution is 0.0528. The molecule has 5 nitrogen and oxygen atoms in total. The van der Waals surface area contributed by atoms with Crippen LogP contribution in [0, 0.1) is 0 Å². The number of aromatic nitrogens is 2. The zero-order chi connectivity index (χ0) is 10.8. The maximum atomic E-state index is 11.5. The third-order valence-corrected chi connectivity index (χ3v) is 2.12. The predicted molar refractivity (Wildman–Crippen MR) is 56.5 cm³/mol. The molecule has 2 aromatic heterocycles. The fraction of sp³-hybridized carbons (Fsp3) is 0.200. The summed E-state index contributed by atoms with van der Waals surface area (Å²) in [5.74, 6) is 0.0109. The van der Waals surface area contributed by atoms with Crippen molar-refractivity contribution in [2.24, 2.45) is 0 Å². The standard InChI is InChI=1S/C10H11N3O2/c1-2-15-10(14)7-5-13-9(11)6-3-4-12-8(6)7/h3-5,12H,2H2,1H3,(H2,11,13). The van der Waals surface area contributed by atoms with E-state index in [1.54, 1.807) is 19.2 Å². The molecule has 0 radical (unpaired) electrons. The Kier molecular flexibility index (Phi) is 2.29. The number of H-pyrrole nitrogens is 1. The number of hydrogen-bond acceptors (Lipinski definition) is 4. The van der Waals surface area contributed by atoms with E-state index in [1.807, 2.05) is 0 Å². The Morgan fingerprint density at radius 2 is 2.47 bits per heavy atom. The van der Waals surface area contributed by atoms with Gasteiger partial charge in [0.1, 0.15) is 11.4 Å². The molecule has 0 saturated carbocycles. The summed E-state index contributed by atoms with van der Waals surface area (Å²) in [5, 5.41) is 0.737. The highest BCUT2D eigenvalue weighted by atomic mass is 16.5. The Hall–Kier alpha value is -2.04. The fourth-order valence-electron chi connectivity index (χ4n) is 1.44. The summed E-state index contributed by atoms with van der Waals surface area (Å²) in [6, 6.07) is 1.78. The first-order valence-electron chi connectivity index (χ1n) is 4.62. The van der Waals surface area contributed by atoms with E-state index in [-0.39, 0.29) is 0 Å². The van der Waals surface area contributed by atoms with Crippen LogP contribution in [0.5, 0.6) is 0 Å². The van der Waals surface area contributed by atoms with Gasteiger partial charge in [0.15, 0.2) is 0 Å². The van der Waals surface area contributed by atoms with Crippen LogP contribution in [0.15, 0.2) is 18.5 Å². The Balaban J connectivity index is 2.57. The molecule has 15 heavy (non-hydrogen) atoms. The minimum Gasteiger partial charge on any atom is -0.462 e. The van der Waals surface area contributed by atoms with Gasteiger partial charge in [0, 0.05) is 17.8 Å². The first-order chi connectivity index (χ1) is 7.24. The van der Waals surface area contributed by atoms with Crippen LogP contribution in [-0.2, 0) is 4.74 Å². The molecule has 3 N–H and O–H groups in total. The van der Waals surface area contributed by atoms with Crippen LogP contribution in [0.2, 0.25) is 0 Å². The lowest BCUT2D eigenvalue weighted by Gasteiger charge is -2.03. The zero-order valence-electron chi connectivity index (χ0n) is 8.28. The number of pyridine rings is 1. The van der Waals surface area contributed by atoms with Crippen LogP contribution in [0.4, 0.5) is 5.82 Å². The van der Waals surface area contributed by atoms with Gasteiger partial charge in [0.25, 0.3) is 0 Å². The molecular formula is C10H11N3O2. The van der Waals surface area contributed by atoms with Crippen LogP contribution >= 0.6 is 0 Å². The van der Waals surface area contributed by atoms with Gasteiger partial charge in [-0.3, -0.25) is 0 Å². The number of nitrogens with two attached hydrogens (primary N) is 1. The number of carbonyl (C=O) groups excluding carboxylic acids is 1. The highest BCUT2D eigenvalue weighted by molar-refractivity contribution is 6.05. The van der Waals surface area contributed by atoms with Crippen LogP contribution in [0.1, 0.15) is 17.3 Å². The third kappa shape index (κ3) is 1.52. The number of anilines is 1. The van der Waals surface area contributed by atoms with Crippen molar-refractivity contribution in [2.45, 2.75) is 6.92 Å². The van der Waals surface area contributed by atoms with Gasteiger partial charge in [-0.05, 0) is 13.0 Å². The minimum absolute atomic E-state index is 0.339. The first kappa shape index (κ1) is 9.51. The molecule has 0 aromatic carbocycles. The molecule has 0 aliphatic heterocycles. The van der Waals surface area contributed by atoms with E-state index < -0.39 is 5.97 Å². The van der Waals surface area contributed by atoms with Crippen molar-refractivity contribution in [1.29, 1.82) is 0 Å². The molecule has 2 aromatic rings. The Morgan fingerprint density at radius 3 is 3.20 bits per heavy atom. The maximum absolute atomic E-state index is 11.5. The van der Waals surface area contributed by atoms with Gasteiger partial charge in [0.05, 0.1) is 12.1 Å². The Labute approximate surface area is 86.3 Å². The normalized spacial score (nSPS) is 10.5. The topological polar surface area (TPSA) is 81.0 Å². The molecule has 0 spiro atoms. The van der Waals surface area contributed by atoms with E-state index in [1.165, 1.54) is 6.20 Å². The zero-order valence-corrected chi connectivity index (χ0v) is 8.28. The van der Waals surface area contributed by atoms with Crippen LogP contribution < -0.4 is 5.73 Å². The predicted octanol–water partition coefficient (Wildman–Crippen LogP) is 1.32. The van der Waals surface area contributed by atoms with Gasteiger partial charge in [0.2, 0.25) is 0 Å². The van der Waals surface area contributed by atoms with Crippen molar-refractivity contribution in [3.8, 4) is 0 Å². The molecule has 2 rings (SSSR count). The number of fused-ring (bicyclic) bond motifs is 1. The molecule has 0 bridgehead atoms. The first-order valence-corrected chi connectivity index (χ1v) is 4.62. The third-order valence-electron chi connectivity index (χ3n) is 2.12. The smallest absolute Gasteiger partial charge is 0.341 e. The molecule has 0 amide bonds. The van der Waals surface area contributed by atoms with Crippen LogP contribution in [0.3, 0.4) is 0 Å². The molecule has 2 heterocycles. The van der Waals surface area contributed by atoms with E-state index in [9.17, 15) is 4.79 Å². The number of ether oxygens (including phenoxy) is 1. The maximum Gasteiger partial charge on any atom is 0.341 e. The van der Waals surface area contributed by atoms with Gasteiger partial charge < -0.3 is 15.5 Å². The summed E-state index contributed by atoms with van der Waals surface area (Å²) in [4.78, 5) is 18.4. The number of rotatable bonds is 2. The van der Waals surface area contributed by atoms with Gasteiger partial charge in [-0.15, -0.1) is 0 Å². The van der Waals surface area contributed by atoms with Gasteiger partial charge in [-0.25, -0.2) is 9.78 Å². The molecular weight excluding hydrogens is 194 g/mol. The summed E-state index contributed by atoms with van der Waals surface area (Å²) in [6.07, 6.45) is 3.14. The summed E-state index contributed by atoms with van der Waals surface area (Å²) in [7, 11) is 0. The Bertz CT molecular complexity index is 504. The molecule has 0 aliphatic carbocycles. The number of aromatic amines is 1. The SMILES string of the molecule is CCOC(=O)c1cnc(N)c2cc[nH]c12. The average Bonchev–Trinajstić information content (AvgIpc) is 2.68. The number of hydrogen-bond donors (Lipinski definition) is 2. The molecule has 0 aliphatic rings. The lowest BCUT2D eigenvalue weighted by atomic mass is 10.2. The summed E-state index contributed by atoms with van der Waals surface area (Å²) in [6.45, 7) is 2.10. The molecule has 0 fully saturated rings. The van der Waals surface area contributed by atoms with Gasteiger partial charge in [-0.1, -0.05) is 0 Å². The number of nitrogen functional groups attached to an aromatic ring is 1. The lowest BCUT2D eigenvalue weighted by Crippen LogP contribution is -2.06. The molecule has 0 unspecified atom stereocenters. The number of nitrogens with one attached hydrogen (secondary N) is 1. The molecule has 78 valence electrons. The van der Waals surface area contributed by atoms with Crippen LogP contribution in [0.25, 0.3) is 10.9 Å². The molecule has 5 heteroatoms. The number of carbonyl (C=O) groups is 1. The summed E-state index contributed by atoms with van der Waals surface area (Å²) < 4.78 is 4.91. The summed E-state index contributed by atoms with van der Waals surface area (Å²) >= 11 is 0. The quantitative estimate of drug-likeness (QED) is 0.724. The van der Waals surface area contributed by atoms with Crippen molar-refractivity contribution in [3.63, 3.8) is 0 Å². The van der Waals surface area contributed by atoms with E-state index in [0.717, 1.165) is 5.39 Å². The second-order valence-corrected chi connectivity index (χ2v) is 3.04. The van der Waals surface area contributed by atoms with Gasteiger partial charge in [-0.2, -0.15) is 0 Å². The van der Waals surface area contributed by atoms with Crippen LogP contribution in [-0.4, -0.2) is 22.5 Å². The van der Waals surface area contributed by atoms with Crippen molar-refractivity contribution in [1.82, 2.24) is 9.97 Å². The molecule has 0 saturated heterocycles. The largest absolute Gasteiger partial charge is 0.462 e. The second-order valence-electron chi connectivity index (χ2n) is 3.04. The van der Waals surface area contributed by atoms with Crippen molar-refractivity contribution in [3.05, 3.63) is 24.0 Å². The Morgan fingerprint density at radius 1 is 1.67 bits per heavy atom. The van der Waals surface area contributed by atoms with E-state index in [4.69, 9.17) is 10.5 Å². The average molecular weight is 205 g/mol. The highest BCUT2D eigenvalue weighted by Crippen LogP contribution is 2.21. The fourth-order valence-corrected chi connectivity index (χ4v) is 1.44. The van der Waals surface area contributed by atoms with Gasteiger partial charge >= 0.3 is 5.97 Å². The van der Waals surface area contributed by atoms with Crippen molar-refractivity contribution >= 4 is 22.7 Å². The van der Waals surface area contributed by atoms with Crippen molar-refractivity contribution in [2.75, 3.05) is 12.3 Å². The minimum atomic E-state index is -0.391.